The van der Waals surface area contributed by atoms with E-state index in [0.29, 0.717) is 18.5 Å². The maximum absolute atomic E-state index is 13.2. The fraction of sp³-hybridized carbons (Fsp3) is 0.444. The predicted octanol–water partition coefficient (Wildman–Crippen LogP) is 4.36. The second kappa shape index (κ2) is 7.82. The van der Waals surface area contributed by atoms with Crippen LogP contribution in [0.1, 0.15) is 31.2 Å². The van der Waals surface area contributed by atoms with Gasteiger partial charge in [-0.1, -0.05) is 18.7 Å². The molecule has 1 aromatic heterocycles. The van der Waals surface area contributed by atoms with Crippen molar-refractivity contribution in [3.8, 4) is 0 Å². The number of pyridine rings is 1. The molecule has 1 heterocycles. The Balaban J connectivity index is 1.99. The Morgan fingerprint density at radius 2 is 2.08 bits per heavy atom. The largest absolute Gasteiger partial charge is 0.417 e. The van der Waals surface area contributed by atoms with Gasteiger partial charge in [0.2, 0.25) is 5.91 Å². The van der Waals surface area contributed by atoms with E-state index in [4.69, 9.17) is 4.74 Å². The molecule has 1 saturated carbocycles. The van der Waals surface area contributed by atoms with Crippen molar-refractivity contribution in [1.29, 1.82) is 0 Å². The zero-order valence-electron chi connectivity index (χ0n) is 14.0. The van der Waals surface area contributed by atoms with Crippen LogP contribution in [0, 0.1) is 5.92 Å². The van der Waals surface area contributed by atoms with Crippen LogP contribution in [0.2, 0.25) is 0 Å². The molecule has 7 heteroatoms. The van der Waals surface area contributed by atoms with E-state index in [9.17, 15) is 18.0 Å². The number of nitrogens with one attached hydrogen (secondary N) is 1. The highest BCUT2D eigenvalue weighted by molar-refractivity contribution is 5.98. The van der Waals surface area contributed by atoms with Gasteiger partial charge in [0.1, 0.15) is 0 Å². The van der Waals surface area contributed by atoms with Crippen LogP contribution in [0.3, 0.4) is 0 Å². The molecule has 0 aliphatic heterocycles. The van der Waals surface area contributed by atoms with Crippen molar-refractivity contribution in [3.05, 3.63) is 42.8 Å². The number of carbonyl (C=O) groups is 1. The summed E-state index contributed by atoms with van der Waals surface area (Å²) in [6, 6.07) is 1.74. The van der Waals surface area contributed by atoms with Gasteiger partial charge < -0.3 is 10.1 Å². The minimum atomic E-state index is -4.35. The van der Waals surface area contributed by atoms with Gasteiger partial charge in [-0.15, -0.1) is 0 Å². The van der Waals surface area contributed by atoms with Crippen molar-refractivity contribution in [3.63, 3.8) is 0 Å². The minimum absolute atomic E-state index is 0.0459. The number of ether oxygens (including phenoxy) is 1. The van der Waals surface area contributed by atoms with Gasteiger partial charge in [0.05, 0.1) is 11.9 Å². The first-order valence-corrected chi connectivity index (χ1v) is 7.98. The number of halogens is 3. The molecule has 25 heavy (non-hydrogen) atoms. The van der Waals surface area contributed by atoms with E-state index >= 15 is 0 Å². The summed E-state index contributed by atoms with van der Waals surface area (Å²) in [6.45, 7) is 3.38. The van der Waals surface area contributed by atoms with Gasteiger partial charge in [-0.2, -0.15) is 13.2 Å². The molecular formula is C18H21F3N2O2. The molecule has 0 unspecified atom stereocenters. The number of aromatic nitrogens is 1. The molecule has 0 aromatic carbocycles. The summed E-state index contributed by atoms with van der Waals surface area (Å²) in [5.74, 6) is -0.282. The molecule has 0 atom stereocenters. The molecule has 1 aliphatic rings. The van der Waals surface area contributed by atoms with Gasteiger partial charge in [-0.05, 0) is 49.3 Å². The Bertz CT molecular complexity index is 648. The smallest absolute Gasteiger partial charge is 0.369 e. The van der Waals surface area contributed by atoms with Crippen molar-refractivity contribution in [2.75, 3.05) is 12.4 Å². The Morgan fingerprint density at radius 3 is 2.64 bits per heavy atom. The van der Waals surface area contributed by atoms with E-state index < -0.39 is 11.8 Å². The van der Waals surface area contributed by atoms with Crippen molar-refractivity contribution in [2.24, 2.45) is 5.92 Å². The maximum atomic E-state index is 13.2. The van der Waals surface area contributed by atoms with Crippen molar-refractivity contribution in [1.82, 2.24) is 4.98 Å². The number of alkyl halides is 3. The standard InChI is InChI=1S/C18H21F3N2O2/c1-3-16(24)23-15-10-14(11-22-12-15)5-4-13-6-8-17(25-2,9-7-13)18(19,20)21/h3-5,10-13H,1,6-9H2,2H3,(H,23,24)/b5-4+. The highest BCUT2D eigenvalue weighted by atomic mass is 19.4. The van der Waals surface area contributed by atoms with Crippen molar-refractivity contribution < 1.29 is 22.7 Å². The third-order valence-electron chi connectivity index (χ3n) is 4.52. The van der Waals surface area contributed by atoms with Gasteiger partial charge >= 0.3 is 6.18 Å². The van der Waals surface area contributed by atoms with Crippen LogP contribution in [-0.4, -0.2) is 29.8 Å². The van der Waals surface area contributed by atoms with E-state index in [2.05, 4.69) is 16.9 Å². The molecule has 4 nitrogen and oxygen atoms in total. The fourth-order valence-electron chi connectivity index (χ4n) is 2.96. The van der Waals surface area contributed by atoms with Crippen LogP contribution in [0.25, 0.3) is 6.08 Å². The zero-order valence-corrected chi connectivity index (χ0v) is 14.0. The maximum Gasteiger partial charge on any atom is 0.417 e. The number of carbonyl (C=O) groups excluding carboxylic acids is 1. The fourth-order valence-corrected chi connectivity index (χ4v) is 2.96. The lowest BCUT2D eigenvalue weighted by Gasteiger charge is -2.39. The molecular weight excluding hydrogens is 333 g/mol. The van der Waals surface area contributed by atoms with E-state index in [0.717, 1.165) is 18.7 Å². The second-order valence-corrected chi connectivity index (χ2v) is 6.09. The van der Waals surface area contributed by atoms with E-state index in [1.54, 1.807) is 12.3 Å². The van der Waals surface area contributed by atoms with Crippen LogP contribution in [0.4, 0.5) is 18.9 Å². The molecule has 1 fully saturated rings. The van der Waals surface area contributed by atoms with Crippen molar-refractivity contribution >= 4 is 17.7 Å². The van der Waals surface area contributed by atoms with Crippen LogP contribution in [0.5, 0.6) is 0 Å². The highest BCUT2D eigenvalue weighted by Gasteiger charge is 2.56. The number of hydrogen-bond donors (Lipinski definition) is 1. The average molecular weight is 354 g/mol. The first-order chi connectivity index (χ1) is 11.8. The van der Waals surface area contributed by atoms with E-state index in [1.807, 2.05) is 12.2 Å². The summed E-state index contributed by atoms with van der Waals surface area (Å²) in [7, 11) is 1.12. The monoisotopic (exact) mass is 354 g/mol. The lowest BCUT2D eigenvalue weighted by Crippen LogP contribution is -2.49. The van der Waals surface area contributed by atoms with Crippen LogP contribution in [-0.2, 0) is 9.53 Å². The predicted molar refractivity (Wildman–Crippen MR) is 89.9 cm³/mol. The van der Waals surface area contributed by atoms with Gasteiger partial charge in [0.25, 0.3) is 0 Å². The Morgan fingerprint density at radius 1 is 1.40 bits per heavy atom. The van der Waals surface area contributed by atoms with Gasteiger partial charge in [0.15, 0.2) is 5.60 Å². The number of anilines is 1. The molecule has 1 amide bonds. The van der Waals surface area contributed by atoms with Gasteiger partial charge in [-0.3, -0.25) is 9.78 Å². The van der Waals surface area contributed by atoms with E-state index in [1.165, 1.54) is 6.20 Å². The number of allylic oxidation sites excluding steroid dienone is 1. The minimum Gasteiger partial charge on any atom is -0.369 e. The van der Waals surface area contributed by atoms with Gasteiger partial charge in [-0.25, -0.2) is 0 Å². The van der Waals surface area contributed by atoms with Crippen LogP contribution >= 0.6 is 0 Å². The van der Waals surface area contributed by atoms with E-state index in [-0.39, 0.29) is 24.7 Å². The topological polar surface area (TPSA) is 51.2 Å². The Kier molecular flexibility index (Phi) is 6.00. The van der Waals surface area contributed by atoms with Crippen LogP contribution < -0.4 is 5.32 Å². The number of amides is 1. The molecule has 1 aromatic rings. The number of hydrogen-bond acceptors (Lipinski definition) is 3. The zero-order chi connectivity index (χ0) is 18.5. The van der Waals surface area contributed by atoms with Crippen molar-refractivity contribution in [2.45, 2.75) is 37.5 Å². The second-order valence-electron chi connectivity index (χ2n) is 6.09. The summed E-state index contributed by atoms with van der Waals surface area (Å²) in [4.78, 5) is 15.3. The molecule has 0 radical (unpaired) electrons. The number of methoxy groups -OCH3 is 1. The molecule has 0 saturated heterocycles. The molecule has 2 rings (SSSR count). The third-order valence-corrected chi connectivity index (χ3v) is 4.52. The van der Waals surface area contributed by atoms with Gasteiger partial charge in [0, 0.05) is 13.3 Å². The molecule has 1 aliphatic carbocycles. The normalized spacial score (nSPS) is 24.2. The third kappa shape index (κ3) is 4.69. The Hall–Kier alpha value is -2.15. The molecule has 1 N–H and O–H groups in total. The number of nitrogens with zero attached hydrogens (tertiary/aromatic N) is 1. The summed E-state index contributed by atoms with van der Waals surface area (Å²) < 4.78 is 44.3. The first kappa shape index (κ1) is 19.2. The molecule has 136 valence electrons. The Labute approximate surface area is 144 Å². The first-order valence-electron chi connectivity index (χ1n) is 7.98. The SMILES string of the molecule is C=CC(=O)Nc1cncc(/C=C/C2CCC(OC)(C(F)(F)F)CC2)c1. The highest BCUT2D eigenvalue weighted by Crippen LogP contribution is 2.45. The summed E-state index contributed by atoms with van der Waals surface area (Å²) in [6.07, 6.45) is 4.37. The lowest BCUT2D eigenvalue weighted by atomic mass is 9.78. The summed E-state index contributed by atoms with van der Waals surface area (Å²) in [5, 5.41) is 2.61. The summed E-state index contributed by atoms with van der Waals surface area (Å²) in [5.41, 5.74) is -0.722. The average Bonchev–Trinajstić information content (AvgIpc) is 2.59. The summed E-state index contributed by atoms with van der Waals surface area (Å²) >= 11 is 0. The lowest BCUT2D eigenvalue weighted by molar-refractivity contribution is -0.281. The molecule has 0 bridgehead atoms. The molecule has 0 spiro atoms. The van der Waals surface area contributed by atoms with Crippen LogP contribution in [0.15, 0.2) is 37.2 Å². The quantitative estimate of drug-likeness (QED) is 0.800. The number of rotatable bonds is 5.